The second kappa shape index (κ2) is 13.3. The molecular weight excluding hydrogens is 440 g/mol. The van der Waals surface area contributed by atoms with Gasteiger partial charge in [-0.3, -0.25) is 0 Å². The summed E-state index contributed by atoms with van der Waals surface area (Å²) in [6.45, 7) is 7.11. The van der Waals surface area contributed by atoms with Gasteiger partial charge in [-0.1, -0.05) is 34.1 Å². The number of carbonyl (C=O) groups excluding carboxylic acids is 1. The van der Waals surface area contributed by atoms with Gasteiger partial charge >= 0.3 is 6.03 Å². The van der Waals surface area contributed by atoms with Gasteiger partial charge in [0.15, 0.2) is 5.65 Å². The van der Waals surface area contributed by atoms with Crippen LogP contribution in [0, 0.1) is 0 Å². The number of rotatable bonds is 3. The molecule has 0 radical (unpaired) electrons. The lowest BCUT2D eigenvalue weighted by atomic mass is 9.97. The van der Waals surface area contributed by atoms with Crippen molar-refractivity contribution in [2.75, 3.05) is 13.1 Å². The Morgan fingerprint density at radius 1 is 1.06 bits per heavy atom. The molecule has 1 saturated heterocycles. The maximum Gasteiger partial charge on any atom is 0.318 e. The molecule has 1 aliphatic carbocycles. The number of alkyl halides is 4. The van der Waals surface area contributed by atoms with E-state index in [1.165, 1.54) is 6.20 Å². The number of hydrogen-bond acceptors (Lipinski definition) is 4. The van der Waals surface area contributed by atoms with Crippen molar-refractivity contribution in [3.8, 4) is 0 Å². The third-order valence-corrected chi connectivity index (χ3v) is 4.80. The van der Waals surface area contributed by atoms with Crippen LogP contribution in [0.5, 0.6) is 0 Å². The van der Waals surface area contributed by atoms with Crippen LogP contribution in [0.1, 0.15) is 71.1 Å². The fraction of sp³-hybridized carbons (Fsp3) is 0.682. The summed E-state index contributed by atoms with van der Waals surface area (Å²) >= 11 is 0. The van der Waals surface area contributed by atoms with E-state index in [0.29, 0.717) is 36.3 Å². The van der Waals surface area contributed by atoms with Crippen LogP contribution in [-0.2, 0) is 13.1 Å². The maximum atomic E-state index is 13.3. The van der Waals surface area contributed by atoms with E-state index in [-0.39, 0.29) is 19.4 Å². The van der Waals surface area contributed by atoms with Crippen molar-refractivity contribution in [3.63, 3.8) is 0 Å². The number of halogens is 4. The third-order valence-electron chi connectivity index (χ3n) is 4.80. The molecule has 0 bridgehead atoms. The monoisotopic (exact) mass is 476 g/mol. The summed E-state index contributed by atoms with van der Waals surface area (Å²) < 4.78 is 52.6. The first-order valence-corrected chi connectivity index (χ1v) is 11.5. The number of hydrogen-bond donors (Lipinski definition) is 2. The first kappa shape index (κ1) is 28.6. The molecule has 0 spiro atoms. The van der Waals surface area contributed by atoms with E-state index in [1.54, 1.807) is 16.8 Å². The standard InChI is InChI=1S/C12H14F2N6O.C6H10F2.2C2H6/c13-12(14)6-16-11(21)19(7-12)4-8-1-10-18-9(2-15)5-20(10)17-3-8;7-6(8)4-2-1-3-5-6;2*1-2/h1,3,5H,2,4,6-7,15H2,(H,16,21);1-5H2;2*1-2H3. The van der Waals surface area contributed by atoms with Crippen LogP contribution in [0.15, 0.2) is 18.5 Å². The van der Waals surface area contributed by atoms with Gasteiger partial charge in [0.1, 0.15) is 0 Å². The van der Waals surface area contributed by atoms with Gasteiger partial charge < -0.3 is 16.0 Å². The van der Waals surface area contributed by atoms with Gasteiger partial charge in [-0.2, -0.15) is 5.10 Å². The number of nitrogens with two attached hydrogens (primary N) is 1. The molecule has 0 unspecified atom stereocenters. The van der Waals surface area contributed by atoms with Crippen LogP contribution < -0.4 is 11.1 Å². The Labute approximate surface area is 192 Å². The molecule has 33 heavy (non-hydrogen) atoms. The first-order valence-electron chi connectivity index (χ1n) is 11.5. The summed E-state index contributed by atoms with van der Waals surface area (Å²) in [6, 6.07) is 1.19. The summed E-state index contributed by atoms with van der Waals surface area (Å²) in [5, 5.41) is 6.30. The summed E-state index contributed by atoms with van der Waals surface area (Å²) in [4.78, 5) is 16.9. The smallest absolute Gasteiger partial charge is 0.318 e. The first-order chi connectivity index (χ1) is 15.7. The van der Waals surface area contributed by atoms with Crippen molar-refractivity contribution in [1.29, 1.82) is 0 Å². The fourth-order valence-corrected chi connectivity index (χ4v) is 3.29. The predicted molar refractivity (Wildman–Crippen MR) is 120 cm³/mol. The van der Waals surface area contributed by atoms with Gasteiger partial charge in [-0.05, 0) is 24.5 Å². The highest BCUT2D eigenvalue weighted by atomic mass is 19.3. The van der Waals surface area contributed by atoms with Crippen LogP contribution >= 0.6 is 0 Å². The van der Waals surface area contributed by atoms with E-state index in [2.05, 4.69) is 15.4 Å². The van der Waals surface area contributed by atoms with Crippen molar-refractivity contribution in [2.24, 2.45) is 5.73 Å². The second-order valence-electron chi connectivity index (χ2n) is 7.39. The number of nitrogens with one attached hydrogen (secondary N) is 1. The average molecular weight is 477 g/mol. The van der Waals surface area contributed by atoms with E-state index in [4.69, 9.17) is 5.73 Å². The Balaban J connectivity index is 0.000000380. The van der Waals surface area contributed by atoms with Crippen molar-refractivity contribution in [2.45, 2.75) is 84.7 Å². The third kappa shape index (κ3) is 9.15. The number of amides is 2. The van der Waals surface area contributed by atoms with E-state index >= 15 is 0 Å². The number of imidazole rings is 1. The quantitative estimate of drug-likeness (QED) is 0.611. The molecule has 1 aliphatic heterocycles. The largest absolute Gasteiger partial charge is 0.332 e. The second-order valence-corrected chi connectivity index (χ2v) is 7.39. The lowest BCUT2D eigenvalue weighted by Gasteiger charge is -2.32. The van der Waals surface area contributed by atoms with Gasteiger partial charge in [0.2, 0.25) is 5.92 Å². The van der Waals surface area contributed by atoms with Gasteiger partial charge in [0.05, 0.1) is 31.2 Å². The van der Waals surface area contributed by atoms with Crippen molar-refractivity contribution < 1.29 is 22.4 Å². The van der Waals surface area contributed by atoms with Gasteiger partial charge in [0, 0.05) is 25.9 Å². The maximum absolute atomic E-state index is 13.3. The zero-order chi connectivity index (χ0) is 25.1. The van der Waals surface area contributed by atoms with E-state index in [9.17, 15) is 22.4 Å². The van der Waals surface area contributed by atoms with Crippen molar-refractivity contribution >= 4 is 11.7 Å². The molecule has 2 aromatic heterocycles. The van der Waals surface area contributed by atoms with Gasteiger partial charge in [0.25, 0.3) is 5.92 Å². The number of aromatic nitrogens is 3. The topological polar surface area (TPSA) is 88.5 Å². The molecule has 3 heterocycles. The lowest BCUT2D eigenvalue weighted by molar-refractivity contribution is -0.0368. The Hall–Kier alpha value is -2.43. The van der Waals surface area contributed by atoms with Gasteiger partial charge in [-0.25, -0.2) is 31.9 Å². The van der Waals surface area contributed by atoms with Gasteiger partial charge in [-0.15, -0.1) is 0 Å². The lowest BCUT2D eigenvalue weighted by Crippen LogP contribution is -2.56. The Morgan fingerprint density at radius 2 is 1.70 bits per heavy atom. The molecule has 3 N–H and O–H groups in total. The minimum absolute atomic E-state index is 0.0513. The molecule has 2 aliphatic rings. The highest BCUT2D eigenvalue weighted by Crippen LogP contribution is 2.32. The molecular formula is C22H36F4N6O. The SMILES string of the molecule is CC.CC.FC1(F)CCCCC1.NCc1cn2ncc(CN3CC(F)(F)CNC3=O)cc2n1. The van der Waals surface area contributed by atoms with Crippen LogP contribution in [0.2, 0.25) is 0 Å². The highest BCUT2D eigenvalue weighted by molar-refractivity contribution is 5.75. The van der Waals surface area contributed by atoms with Crippen LogP contribution in [0.3, 0.4) is 0 Å². The number of urea groups is 1. The minimum atomic E-state index is -2.93. The molecule has 2 fully saturated rings. The number of nitrogens with zero attached hydrogens (tertiary/aromatic N) is 4. The van der Waals surface area contributed by atoms with Crippen LogP contribution in [0.4, 0.5) is 22.4 Å². The zero-order valence-corrected chi connectivity index (χ0v) is 19.9. The molecule has 188 valence electrons. The molecule has 0 aromatic carbocycles. The molecule has 11 heteroatoms. The minimum Gasteiger partial charge on any atom is -0.332 e. The molecule has 2 amide bonds. The average Bonchev–Trinajstić information content (AvgIpc) is 3.22. The zero-order valence-electron chi connectivity index (χ0n) is 19.9. The summed E-state index contributed by atoms with van der Waals surface area (Å²) in [5.74, 6) is -5.25. The van der Waals surface area contributed by atoms with Crippen LogP contribution in [0.25, 0.3) is 5.65 Å². The Kier molecular flexibility index (Phi) is 11.5. The summed E-state index contributed by atoms with van der Waals surface area (Å²) in [5.41, 5.74) is 7.38. The predicted octanol–water partition coefficient (Wildman–Crippen LogP) is 4.99. The van der Waals surface area contributed by atoms with Crippen molar-refractivity contribution in [1.82, 2.24) is 24.8 Å². The molecule has 1 saturated carbocycles. The van der Waals surface area contributed by atoms with Crippen molar-refractivity contribution in [3.05, 3.63) is 29.7 Å². The number of fused-ring (bicyclic) bond motifs is 1. The molecule has 4 rings (SSSR count). The summed E-state index contributed by atoms with van der Waals surface area (Å²) in [6.07, 6.45) is 5.88. The Bertz CT molecular complexity index is 851. The number of carbonyl (C=O) groups is 1. The van der Waals surface area contributed by atoms with E-state index in [1.807, 2.05) is 27.7 Å². The fourth-order valence-electron chi connectivity index (χ4n) is 3.29. The normalized spacial score (nSPS) is 18.6. The van der Waals surface area contributed by atoms with E-state index in [0.717, 1.165) is 11.3 Å². The Morgan fingerprint density at radius 3 is 2.24 bits per heavy atom. The van der Waals surface area contributed by atoms with Crippen LogP contribution in [-0.4, -0.2) is 50.5 Å². The molecule has 0 atom stereocenters. The van der Waals surface area contributed by atoms with E-state index < -0.39 is 31.0 Å². The molecule has 2 aromatic rings. The summed E-state index contributed by atoms with van der Waals surface area (Å²) in [7, 11) is 0. The molecule has 7 nitrogen and oxygen atoms in total. The highest BCUT2D eigenvalue weighted by Gasteiger charge is 2.38.